The van der Waals surface area contributed by atoms with Gasteiger partial charge in [0, 0.05) is 19.2 Å². The third kappa shape index (κ3) is 3.55. The summed E-state index contributed by atoms with van der Waals surface area (Å²) in [4.78, 5) is 23.6. The molecule has 0 bridgehead atoms. The van der Waals surface area contributed by atoms with Crippen molar-refractivity contribution >= 4 is 23.5 Å². The zero-order valence-corrected chi connectivity index (χ0v) is 15.8. The monoisotopic (exact) mass is 378 g/mol. The number of rotatable bonds is 5. The van der Waals surface area contributed by atoms with Crippen molar-refractivity contribution in [3.05, 3.63) is 60.2 Å². The second-order valence-electron chi connectivity index (χ2n) is 6.62. The van der Waals surface area contributed by atoms with Crippen molar-refractivity contribution in [2.24, 2.45) is 9.98 Å². The summed E-state index contributed by atoms with van der Waals surface area (Å²) in [7, 11) is 1.64. The predicted octanol–water partition coefficient (Wildman–Crippen LogP) is 2.86. The van der Waals surface area contributed by atoms with E-state index in [0.29, 0.717) is 24.9 Å². The number of nitrogens with one attached hydrogen (secondary N) is 1. The fraction of sp³-hybridized carbons (Fsp3) is 0.286. The van der Waals surface area contributed by atoms with E-state index in [9.17, 15) is 4.79 Å². The van der Waals surface area contributed by atoms with Crippen molar-refractivity contribution in [2.75, 3.05) is 25.5 Å². The first kappa shape index (κ1) is 18.0. The summed E-state index contributed by atoms with van der Waals surface area (Å²) in [5.74, 6) is 1.57. The van der Waals surface area contributed by atoms with Crippen LogP contribution in [0.1, 0.15) is 18.5 Å². The summed E-state index contributed by atoms with van der Waals surface area (Å²) >= 11 is 0. The molecule has 2 aromatic carbocycles. The van der Waals surface area contributed by atoms with Crippen molar-refractivity contribution in [2.45, 2.75) is 19.0 Å². The average molecular weight is 378 g/mol. The van der Waals surface area contributed by atoms with Crippen LogP contribution in [-0.2, 0) is 9.53 Å². The van der Waals surface area contributed by atoms with Crippen molar-refractivity contribution in [1.82, 2.24) is 4.90 Å². The molecule has 2 aromatic rings. The van der Waals surface area contributed by atoms with Gasteiger partial charge >= 0.3 is 5.97 Å². The molecule has 0 amide bonds. The number of nitrogens with zero attached hydrogens (tertiary/aromatic N) is 3. The lowest BCUT2D eigenvalue weighted by molar-refractivity contribution is -0.136. The van der Waals surface area contributed by atoms with Crippen LogP contribution in [0.5, 0.6) is 5.75 Å². The lowest BCUT2D eigenvalue weighted by Gasteiger charge is -2.32. The highest BCUT2D eigenvalue weighted by molar-refractivity contribution is 5.98. The maximum atomic E-state index is 12.5. The zero-order chi connectivity index (χ0) is 19.5. The first-order valence-electron chi connectivity index (χ1n) is 9.19. The number of cyclic esters (lactones) is 1. The molecule has 0 unspecified atom stereocenters. The Balaban J connectivity index is 1.63. The molecule has 2 heterocycles. The average Bonchev–Trinajstić information content (AvgIpc) is 3.30. The van der Waals surface area contributed by atoms with Crippen molar-refractivity contribution in [3.8, 4) is 5.75 Å². The van der Waals surface area contributed by atoms with E-state index in [1.807, 2.05) is 54.6 Å². The van der Waals surface area contributed by atoms with Gasteiger partial charge in [0.15, 0.2) is 17.9 Å². The number of carbonyl (C=O) groups excluding carboxylic acids is 1. The summed E-state index contributed by atoms with van der Waals surface area (Å²) in [6.45, 7) is 3.04. The summed E-state index contributed by atoms with van der Waals surface area (Å²) in [5.41, 5.74) is 1.89. The molecule has 0 saturated heterocycles. The molecule has 2 atom stereocenters. The highest BCUT2D eigenvalue weighted by Gasteiger charge is 2.41. The molecular weight excluding hydrogens is 356 g/mol. The summed E-state index contributed by atoms with van der Waals surface area (Å²) in [5, 5.41) is 3.36. The van der Waals surface area contributed by atoms with Crippen LogP contribution in [0.2, 0.25) is 0 Å². The Morgan fingerprint density at radius 3 is 2.57 bits per heavy atom. The Hall–Kier alpha value is -3.35. The lowest BCUT2D eigenvalue weighted by atomic mass is 9.98. The number of esters is 1. The number of guanidine groups is 1. The molecule has 7 nitrogen and oxygen atoms in total. The molecule has 2 aliphatic heterocycles. The van der Waals surface area contributed by atoms with Crippen molar-refractivity contribution in [1.29, 1.82) is 0 Å². The van der Waals surface area contributed by atoms with Gasteiger partial charge in [-0.15, -0.1) is 0 Å². The smallest absolute Gasteiger partial charge is 0.339 e. The largest absolute Gasteiger partial charge is 0.497 e. The second kappa shape index (κ2) is 7.72. The van der Waals surface area contributed by atoms with E-state index in [0.717, 1.165) is 17.0 Å². The number of hydrogen-bond acceptors (Lipinski definition) is 7. The van der Waals surface area contributed by atoms with Gasteiger partial charge < -0.3 is 19.7 Å². The molecule has 144 valence electrons. The van der Waals surface area contributed by atoms with Crippen LogP contribution in [0.3, 0.4) is 0 Å². The minimum atomic E-state index is -0.622. The molecule has 0 aliphatic carbocycles. The molecule has 4 rings (SSSR count). The standard InChI is InChI=1S/C21H22N4O3/c1-14-23-18(20(26)28-14)19(15-6-4-3-5-7-15)25-13-12-22-21(25)24-16-8-10-17(27-2)11-9-16/h3-11,18-19H,12-13H2,1-2H3,(H,22,24)/t18-,19+/m1/s1. The molecule has 7 heteroatoms. The Morgan fingerprint density at radius 2 is 1.93 bits per heavy atom. The Kier molecular flexibility index (Phi) is 4.97. The van der Waals surface area contributed by atoms with Crippen LogP contribution < -0.4 is 10.1 Å². The fourth-order valence-corrected chi connectivity index (χ4v) is 3.51. The Bertz CT molecular complexity index is 909. The number of methoxy groups -OCH3 is 1. The van der Waals surface area contributed by atoms with Gasteiger partial charge in [0.2, 0.25) is 0 Å². The molecule has 2 aliphatic rings. The van der Waals surface area contributed by atoms with Crippen LogP contribution in [0.4, 0.5) is 5.69 Å². The molecule has 0 radical (unpaired) electrons. The van der Waals surface area contributed by atoms with E-state index >= 15 is 0 Å². The molecule has 0 fully saturated rings. The second-order valence-corrected chi connectivity index (χ2v) is 6.62. The number of hydrogen-bond donors (Lipinski definition) is 1. The quantitative estimate of drug-likeness (QED) is 0.810. The highest BCUT2D eigenvalue weighted by Crippen LogP contribution is 2.32. The summed E-state index contributed by atoms with van der Waals surface area (Å²) in [6.07, 6.45) is 0. The van der Waals surface area contributed by atoms with Gasteiger partial charge in [0.05, 0.1) is 19.7 Å². The maximum absolute atomic E-state index is 12.5. The molecule has 0 saturated carbocycles. The zero-order valence-electron chi connectivity index (χ0n) is 15.8. The summed E-state index contributed by atoms with van der Waals surface area (Å²) < 4.78 is 10.4. The van der Waals surface area contributed by atoms with E-state index in [4.69, 9.17) is 9.47 Å². The van der Waals surface area contributed by atoms with Gasteiger partial charge in [-0.1, -0.05) is 30.3 Å². The lowest BCUT2D eigenvalue weighted by Crippen LogP contribution is -2.43. The molecule has 1 N–H and O–H groups in total. The number of carbonyl (C=O) groups is 1. The normalized spacial score (nSPS) is 19.7. The predicted molar refractivity (Wildman–Crippen MR) is 108 cm³/mol. The molecular formula is C21H22N4O3. The Morgan fingerprint density at radius 1 is 1.18 bits per heavy atom. The van der Waals surface area contributed by atoms with E-state index in [1.54, 1.807) is 14.0 Å². The van der Waals surface area contributed by atoms with Crippen molar-refractivity contribution in [3.63, 3.8) is 0 Å². The maximum Gasteiger partial charge on any atom is 0.339 e. The topological polar surface area (TPSA) is 75.5 Å². The highest BCUT2D eigenvalue weighted by atomic mass is 16.6. The van der Waals surface area contributed by atoms with Crippen LogP contribution in [-0.4, -0.2) is 49.0 Å². The third-order valence-electron chi connectivity index (χ3n) is 4.81. The number of anilines is 1. The van der Waals surface area contributed by atoms with E-state index in [1.165, 1.54) is 0 Å². The van der Waals surface area contributed by atoms with Gasteiger partial charge in [0.1, 0.15) is 5.75 Å². The molecule has 0 spiro atoms. The van der Waals surface area contributed by atoms with E-state index in [2.05, 4.69) is 20.2 Å². The van der Waals surface area contributed by atoms with Gasteiger partial charge in [-0.2, -0.15) is 0 Å². The number of ether oxygens (including phenoxy) is 2. The third-order valence-corrected chi connectivity index (χ3v) is 4.81. The number of aliphatic imine (C=N–C) groups is 2. The van der Waals surface area contributed by atoms with Crippen LogP contribution in [0, 0.1) is 0 Å². The first-order valence-corrected chi connectivity index (χ1v) is 9.19. The fourth-order valence-electron chi connectivity index (χ4n) is 3.51. The van der Waals surface area contributed by atoms with Gasteiger partial charge in [0.25, 0.3) is 0 Å². The molecule has 0 aromatic heterocycles. The van der Waals surface area contributed by atoms with Crippen molar-refractivity contribution < 1.29 is 14.3 Å². The Labute approximate surface area is 163 Å². The summed E-state index contributed by atoms with van der Waals surface area (Å²) in [6, 6.07) is 16.6. The van der Waals surface area contributed by atoms with Crippen LogP contribution >= 0.6 is 0 Å². The van der Waals surface area contributed by atoms with E-state index < -0.39 is 6.04 Å². The SMILES string of the molecule is COc1ccc(NC2=NCCN2[C@@H](c2ccccc2)[C@H]2N=C(C)OC2=O)cc1. The minimum absolute atomic E-state index is 0.293. The van der Waals surface area contributed by atoms with Crippen LogP contribution in [0.15, 0.2) is 64.6 Å². The van der Waals surface area contributed by atoms with Gasteiger partial charge in [-0.05, 0) is 29.8 Å². The van der Waals surface area contributed by atoms with Crippen LogP contribution in [0.25, 0.3) is 0 Å². The van der Waals surface area contributed by atoms with Gasteiger partial charge in [-0.3, -0.25) is 4.99 Å². The first-order chi connectivity index (χ1) is 13.7. The van der Waals surface area contributed by atoms with Gasteiger partial charge in [-0.25, -0.2) is 9.79 Å². The minimum Gasteiger partial charge on any atom is -0.497 e. The molecule has 28 heavy (non-hydrogen) atoms. The van der Waals surface area contributed by atoms with E-state index in [-0.39, 0.29) is 12.0 Å². The number of benzene rings is 2.